The summed E-state index contributed by atoms with van der Waals surface area (Å²) in [6, 6.07) is 4.59. The Morgan fingerprint density at radius 1 is 1.08 bits per heavy atom. The van der Waals surface area contributed by atoms with Gasteiger partial charge in [0.05, 0.1) is 5.02 Å². The molecule has 0 bridgehead atoms. The molecule has 0 radical (unpaired) electrons. The summed E-state index contributed by atoms with van der Waals surface area (Å²) in [5.74, 6) is 1.03. The summed E-state index contributed by atoms with van der Waals surface area (Å²) in [6.45, 7) is 2.23. The van der Waals surface area contributed by atoms with Gasteiger partial charge in [-0.1, -0.05) is 23.2 Å². The Balaban J connectivity index is 1.73. The predicted molar refractivity (Wildman–Crippen MR) is 99.6 cm³/mol. The van der Waals surface area contributed by atoms with Gasteiger partial charge in [-0.05, 0) is 30.7 Å². The van der Waals surface area contributed by atoms with E-state index in [0.29, 0.717) is 28.8 Å². The molecule has 3 rings (SSSR count). The second-order valence-corrected chi connectivity index (χ2v) is 8.00. The number of aromatic nitrogens is 4. The third-order valence-corrected chi connectivity index (χ3v) is 5.96. The first kappa shape index (κ1) is 18.8. The number of imidazole rings is 1. The van der Waals surface area contributed by atoms with Crippen molar-refractivity contribution in [1.82, 2.24) is 24.2 Å². The smallest absolute Gasteiger partial charge is 0.242 e. The summed E-state index contributed by atoms with van der Waals surface area (Å²) in [7, 11) is -3.77. The van der Waals surface area contributed by atoms with E-state index in [-0.39, 0.29) is 16.5 Å². The fourth-order valence-corrected chi connectivity index (χ4v) is 4.18. The van der Waals surface area contributed by atoms with Gasteiger partial charge < -0.3 is 4.57 Å². The Morgan fingerprint density at radius 3 is 2.54 bits per heavy atom. The number of benzene rings is 1. The summed E-state index contributed by atoms with van der Waals surface area (Å²) in [5, 5.41) is 0.494. The molecule has 1 N–H and O–H groups in total. The first-order chi connectivity index (χ1) is 12.4. The highest BCUT2D eigenvalue weighted by atomic mass is 35.5. The lowest BCUT2D eigenvalue weighted by Crippen LogP contribution is -2.28. The SMILES string of the molecule is Cc1cc(S(=O)(=O)NCCn2ccnc2-c2ncccn2)c(Cl)cc1Cl. The van der Waals surface area contributed by atoms with Crippen molar-refractivity contribution in [3.05, 3.63) is 58.6 Å². The number of halogens is 2. The molecular formula is C16H15Cl2N5O2S. The third kappa shape index (κ3) is 4.04. The zero-order valence-corrected chi connectivity index (χ0v) is 16.1. The zero-order chi connectivity index (χ0) is 18.7. The lowest BCUT2D eigenvalue weighted by atomic mass is 10.2. The number of nitrogens with one attached hydrogen (secondary N) is 1. The van der Waals surface area contributed by atoms with Crippen LogP contribution in [0.2, 0.25) is 10.0 Å². The highest BCUT2D eigenvalue weighted by molar-refractivity contribution is 7.89. The Kier molecular flexibility index (Phi) is 5.57. The highest BCUT2D eigenvalue weighted by Crippen LogP contribution is 2.28. The van der Waals surface area contributed by atoms with E-state index >= 15 is 0 Å². The minimum atomic E-state index is -3.77. The van der Waals surface area contributed by atoms with Crippen molar-refractivity contribution in [3.8, 4) is 11.6 Å². The minimum Gasteiger partial charge on any atom is -0.327 e. The van der Waals surface area contributed by atoms with Crippen LogP contribution in [0.4, 0.5) is 0 Å². The lowest BCUT2D eigenvalue weighted by Gasteiger charge is -2.11. The summed E-state index contributed by atoms with van der Waals surface area (Å²) in [4.78, 5) is 12.5. The van der Waals surface area contributed by atoms with Crippen LogP contribution in [0.15, 0.2) is 47.9 Å². The van der Waals surface area contributed by atoms with Crippen molar-refractivity contribution < 1.29 is 8.42 Å². The molecule has 3 aromatic rings. The summed E-state index contributed by atoms with van der Waals surface area (Å²) in [6.07, 6.45) is 6.59. The van der Waals surface area contributed by atoms with E-state index in [1.165, 1.54) is 12.1 Å². The third-order valence-electron chi connectivity index (χ3n) is 3.63. The van der Waals surface area contributed by atoms with Gasteiger partial charge in [0, 0.05) is 42.9 Å². The van der Waals surface area contributed by atoms with Crippen LogP contribution in [0.3, 0.4) is 0 Å². The molecule has 0 atom stereocenters. The van der Waals surface area contributed by atoms with Gasteiger partial charge in [0.25, 0.3) is 0 Å². The normalized spacial score (nSPS) is 11.7. The molecule has 1 aromatic carbocycles. The summed E-state index contributed by atoms with van der Waals surface area (Å²) < 4.78 is 29.3. The van der Waals surface area contributed by atoms with Crippen molar-refractivity contribution >= 4 is 33.2 Å². The number of sulfonamides is 1. The first-order valence-electron chi connectivity index (χ1n) is 7.62. The minimum absolute atomic E-state index is 0.00156. The van der Waals surface area contributed by atoms with Gasteiger partial charge in [-0.3, -0.25) is 0 Å². The molecule has 0 aliphatic rings. The van der Waals surface area contributed by atoms with Gasteiger partial charge in [0.15, 0.2) is 11.6 Å². The average molecular weight is 412 g/mol. The molecule has 0 spiro atoms. The second-order valence-electron chi connectivity index (χ2n) is 5.45. The first-order valence-corrected chi connectivity index (χ1v) is 9.86. The molecule has 0 unspecified atom stereocenters. The van der Waals surface area contributed by atoms with Crippen molar-refractivity contribution in [3.63, 3.8) is 0 Å². The Hall–Kier alpha value is -2.00. The second kappa shape index (κ2) is 7.71. The Morgan fingerprint density at radius 2 is 1.81 bits per heavy atom. The predicted octanol–water partition coefficient (Wildman–Crippen LogP) is 2.93. The fraction of sp³-hybridized carbons (Fsp3) is 0.188. The maximum absolute atomic E-state index is 12.5. The molecule has 0 aliphatic heterocycles. The number of hydrogen-bond donors (Lipinski definition) is 1. The maximum atomic E-state index is 12.5. The van der Waals surface area contributed by atoms with Crippen molar-refractivity contribution in [1.29, 1.82) is 0 Å². The Labute approximate surface area is 161 Å². The van der Waals surface area contributed by atoms with Crippen LogP contribution in [0.25, 0.3) is 11.6 Å². The molecule has 10 heteroatoms. The van der Waals surface area contributed by atoms with Crippen LogP contribution < -0.4 is 4.72 Å². The van der Waals surface area contributed by atoms with E-state index in [2.05, 4.69) is 19.7 Å². The van der Waals surface area contributed by atoms with E-state index < -0.39 is 10.0 Å². The highest BCUT2D eigenvalue weighted by Gasteiger charge is 2.19. The lowest BCUT2D eigenvalue weighted by molar-refractivity contribution is 0.573. The molecule has 0 aliphatic carbocycles. The molecule has 2 heterocycles. The fourth-order valence-electron chi connectivity index (χ4n) is 2.33. The molecule has 0 saturated heterocycles. The van der Waals surface area contributed by atoms with Crippen molar-refractivity contribution in [2.45, 2.75) is 18.4 Å². The van der Waals surface area contributed by atoms with Gasteiger partial charge in [0.2, 0.25) is 10.0 Å². The monoisotopic (exact) mass is 411 g/mol. The van der Waals surface area contributed by atoms with Crippen LogP contribution in [0, 0.1) is 6.92 Å². The number of hydrogen-bond acceptors (Lipinski definition) is 5. The molecule has 7 nitrogen and oxygen atoms in total. The van der Waals surface area contributed by atoms with Crippen LogP contribution in [0.1, 0.15) is 5.56 Å². The van der Waals surface area contributed by atoms with Crippen LogP contribution in [-0.2, 0) is 16.6 Å². The number of rotatable bonds is 6. The molecule has 2 aromatic heterocycles. The molecule has 136 valence electrons. The summed E-state index contributed by atoms with van der Waals surface area (Å²) in [5.41, 5.74) is 0.634. The van der Waals surface area contributed by atoms with E-state index in [0.717, 1.165) is 0 Å². The van der Waals surface area contributed by atoms with Gasteiger partial charge in [0.1, 0.15) is 4.90 Å². The molecule has 0 amide bonds. The molecule has 0 fully saturated rings. The standard InChI is InChI=1S/C16H15Cl2N5O2S/c1-11-9-14(13(18)10-12(11)17)26(24,25)22-6-8-23-7-5-21-16(23)15-19-3-2-4-20-15/h2-5,7,9-10,22H,6,8H2,1H3. The largest absolute Gasteiger partial charge is 0.327 e. The molecule has 26 heavy (non-hydrogen) atoms. The van der Waals surface area contributed by atoms with E-state index in [1.54, 1.807) is 42.3 Å². The Bertz CT molecular complexity index is 1020. The quantitative estimate of drug-likeness (QED) is 0.673. The number of aryl methyl sites for hydroxylation is 1. The van der Waals surface area contributed by atoms with Crippen LogP contribution >= 0.6 is 23.2 Å². The maximum Gasteiger partial charge on any atom is 0.242 e. The van der Waals surface area contributed by atoms with Crippen molar-refractivity contribution in [2.75, 3.05) is 6.54 Å². The van der Waals surface area contributed by atoms with Gasteiger partial charge >= 0.3 is 0 Å². The zero-order valence-electron chi connectivity index (χ0n) is 13.7. The molecular weight excluding hydrogens is 397 g/mol. The van der Waals surface area contributed by atoms with Crippen molar-refractivity contribution in [2.24, 2.45) is 0 Å². The average Bonchev–Trinajstić information content (AvgIpc) is 3.07. The van der Waals surface area contributed by atoms with E-state index in [4.69, 9.17) is 23.2 Å². The van der Waals surface area contributed by atoms with Gasteiger partial charge in [-0.15, -0.1) is 0 Å². The number of nitrogens with zero attached hydrogens (tertiary/aromatic N) is 4. The molecule has 0 saturated carbocycles. The topological polar surface area (TPSA) is 89.8 Å². The van der Waals surface area contributed by atoms with Crippen LogP contribution in [0.5, 0.6) is 0 Å². The van der Waals surface area contributed by atoms with E-state index in [1.807, 2.05) is 0 Å². The van der Waals surface area contributed by atoms with Gasteiger partial charge in [-0.25, -0.2) is 28.1 Å². The van der Waals surface area contributed by atoms with E-state index in [9.17, 15) is 8.42 Å². The van der Waals surface area contributed by atoms with Crippen LogP contribution in [-0.4, -0.2) is 34.5 Å². The van der Waals surface area contributed by atoms with Gasteiger partial charge in [-0.2, -0.15) is 0 Å². The summed E-state index contributed by atoms with van der Waals surface area (Å²) >= 11 is 12.0.